The Bertz CT molecular complexity index is 1010. The predicted molar refractivity (Wildman–Crippen MR) is 112 cm³/mol. The normalized spacial score (nSPS) is 22.7. The van der Waals surface area contributed by atoms with Crippen LogP contribution in [0.15, 0.2) is 73.1 Å². The number of piperidine rings is 1. The highest BCUT2D eigenvalue weighted by Gasteiger charge is 2.48. The van der Waals surface area contributed by atoms with E-state index in [2.05, 4.69) is 40.6 Å². The van der Waals surface area contributed by atoms with Crippen LogP contribution in [0.1, 0.15) is 21.8 Å². The number of benzene rings is 2. The van der Waals surface area contributed by atoms with Gasteiger partial charge in [-0.15, -0.1) is 0 Å². The van der Waals surface area contributed by atoms with Gasteiger partial charge in [0.2, 0.25) is 0 Å². The van der Waals surface area contributed by atoms with Gasteiger partial charge in [0.05, 0.1) is 7.11 Å². The number of piperazine rings is 1. The van der Waals surface area contributed by atoms with E-state index in [1.165, 1.54) is 5.56 Å². The van der Waals surface area contributed by atoms with Crippen molar-refractivity contribution in [3.8, 4) is 16.9 Å². The van der Waals surface area contributed by atoms with E-state index in [0.29, 0.717) is 23.6 Å². The molecule has 1 unspecified atom stereocenters. The molecule has 29 heavy (non-hydrogen) atoms. The van der Waals surface area contributed by atoms with Crippen LogP contribution in [-0.4, -0.2) is 48.1 Å². The van der Waals surface area contributed by atoms with E-state index < -0.39 is 0 Å². The van der Waals surface area contributed by atoms with Crippen LogP contribution in [0.5, 0.6) is 5.75 Å². The third-order valence-electron chi connectivity index (χ3n) is 6.06. The van der Waals surface area contributed by atoms with E-state index >= 15 is 0 Å². The minimum Gasteiger partial charge on any atom is -0.496 e. The first-order valence-corrected chi connectivity index (χ1v) is 9.93. The molecule has 3 aliphatic rings. The number of nitrogens with zero attached hydrogens (tertiary/aromatic N) is 2. The predicted octanol–water partition coefficient (Wildman–Crippen LogP) is 3.34. The summed E-state index contributed by atoms with van der Waals surface area (Å²) < 4.78 is 5.49. The third kappa shape index (κ3) is 3.17. The lowest BCUT2D eigenvalue weighted by Gasteiger charge is -2.54. The van der Waals surface area contributed by atoms with Gasteiger partial charge in [-0.05, 0) is 29.3 Å². The van der Waals surface area contributed by atoms with Crippen LogP contribution in [0.4, 0.5) is 0 Å². The smallest absolute Gasteiger partial charge is 0.254 e. The zero-order chi connectivity index (χ0) is 19.8. The molecule has 1 N–H and O–H groups in total. The average molecular weight is 385 g/mol. The summed E-state index contributed by atoms with van der Waals surface area (Å²) >= 11 is 0. The maximum atomic E-state index is 12.7. The number of rotatable bonds is 4. The number of hydrogen-bond donors (Lipinski definition) is 1. The van der Waals surface area contributed by atoms with Crippen molar-refractivity contribution in [1.82, 2.24) is 15.2 Å². The topological polar surface area (TPSA) is 54.5 Å². The van der Waals surface area contributed by atoms with Gasteiger partial charge in [-0.25, -0.2) is 0 Å². The molecule has 0 spiro atoms. The van der Waals surface area contributed by atoms with E-state index in [0.717, 1.165) is 30.0 Å². The Kier molecular flexibility index (Phi) is 4.52. The molecule has 2 aromatic carbocycles. The van der Waals surface area contributed by atoms with Crippen LogP contribution in [0.3, 0.4) is 0 Å². The molecular formula is C24H23N3O2. The molecule has 5 nitrogen and oxygen atoms in total. The molecule has 6 rings (SSSR count). The van der Waals surface area contributed by atoms with Gasteiger partial charge >= 0.3 is 0 Å². The van der Waals surface area contributed by atoms with E-state index in [4.69, 9.17) is 4.74 Å². The number of hydrogen-bond acceptors (Lipinski definition) is 4. The fourth-order valence-corrected chi connectivity index (χ4v) is 4.60. The fourth-order valence-electron chi connectivity index (χ4n) is 4.60. The number of amides is 1. The van der Waals surface area contributed by atoms with Gasteiger partial charge in [0.1, 0.15) is 5.75 Å². The van der Waals surface area contributed by atoms with Gasteiger partial charge < -0.3 is 15.0 Å². The average Bonchev–Trinajstić information content (AvgIpc) is 2.79. The van der Waals surface area contributed by atoms with E-state index in [1.54, 1.807) is 31.6 Å². The number of fused-ring (bicyclic) bond motifs is 2. The number of nitrogens with one attached hydrogen (secondary N) is 1. The largest absolute Gasteiger partial charge is 0.496 e. The first-order valence-electron chi connectivity index (χ1n) is 9.93. The lowest BCUT2D eigenvalue weighted by molar-refractivity contribution is 0.0367. The second kappa shape index (κ2) is 7.33. The Labute approximate surface area is 170 Å². The number of pyridine rings is 1. The first-order chi connectivity index (χ1) is 14.2. The number of aromatic nitrogens is 1. The van der Waals surface area contributed by atoms with Gasteiger partial charge in [-0.2, -0.15) is 0 Å². The standard InChI is InChI=1S/C24H23N3O2/c1-29-22-5-3-2-4-19(22)16-6-8-17(9-7-16)23-20-14-27(15-21(23)26-20)24(28)18-10-12-25-13-11-18/h2-13,20-21,23,26H,14-15H2,1H3/t20-,21+,23?. The van der Waals surface area contributed by atoms with Gasteiger partial charge in [0.15, 0.2) is 0 Å². The Morgan fingerprint density at radius 2 is 1.69 bits per heavy atom. The summed E-state index contributed by atoms with van der Waals surface area (Å²) in [6.45, 7) is 1.47. The molecule has 146 valence electrons. The van der Waals surface area contributed by atoms with Gasteiger partial charge in [0, 0.05) is 54.6 Å². The molecule has 0 radical (unpaired) electrons. The summed E-state index contributed by atoms with van der Waals surface area (Å²) in [4.78, 5) is 18.7. The number of carbonyl (C=O) groups excluding carboxylic acids is 1. The van der Waals surface area contributed by atoms with Crippen molar-refractivity contribution in [2.75, 3.05) is 20.2 Å². The molecule has 2 bridgehead atoms. The minimum absolute atomic E-state index is 0.0915. The molecule has 4 heterocycles. The van der Waals surface area contributed by atoms with Crippen molar-refractivity contribution in [2.24, 2.45) is 0 Å². The highest BCUT2D eigenvalue weighted by atomic mass is 16.5. The molecule has 3 saturated heterocycles. The summed E-state index contributed by atoms with van der Waals surface area (Å²) in [7, 11) is 1.70. The monoisotopic (exact) mass is 385 g/mol. The fraction of sp³-hybridized carbons (Fsp3) is 0.250. The number of para-hydroxylation sites is 1. The van der Waals surface area contributed by atoms with Crippen LogP contribution in [0.25, 0.3) is 11.1 Å². The van der Waals surface area contributed by atoms with Crippen molar-refractivity contribution in [3.63, 3.8) is 0 Å². The number of ether oxygens (including phenoxy) is 1. The zero-order valence-corrected chi connectivity index (χ0v) is 16.3. The summed E-state index contributed by atoms with van der Waals surface area (Å²) in [5.41, 5.74) is 4.29. The lowest BCUT2D eigenvalue weighted by atomic mass is 9.74. The lowest BCUT2D eigenvalue weighted by Crippen LogP contribution is -2.72. The van der Waals surface area contributed by atoms with E-state index in [-0.39, 0.29) is 5.91 Å². The molecule has 0 saturated carbocycles. The second-order valence-electron chi connectivity index (χ2n) is 7.67. The highest BCUT2D eigenvalue weighted by Crippen LogP contribution is 2.38. The Hall–Kier alpha value is -3.18. The summed E-state index contributed by atoms with van der Waals surface area (Å²) in [6.07, 6.45) is 3.34. The zero-order valence-electron chi connectivity index (χ0n) is 16.3. The molecule has 1 amide bonds. The van der Waals surface area contributed by atoms with Crippen molar-refractivity contribution >= 4 is 5.91 Å². The van der Waals surface area contributed by atoms with Crippen molar-refractivity contribution < 1.29 is 9.53 Å². The molecular weight excluding hydrogens is 362 g/mol. The molecule has 3 fully saturated rings. The minimum atomic E-state index is 0.0915. The second-order valence-corrected chi connectivity index (χ2v) is 7.67. The molecule has 5 heteroatoms. The van der Waals surface area contributed by atoms with E-state index in [1.807, 2.05) is 23.1 Å². The Morgan fingerprint density at radius 3 is 2.38 bits per heavy atom. The van der Waals surface area contributed by atoms with Crippen LogP contribution in [-0.2, 0) is 0 Å². The Morgan fingerprint density at radius 1 is 1.00 bits per heavy atom. The van der Waals surface area contributed by atoms with E-state index in [9.17, 15) is 4.79 Å². The maximum absolute atomic E-state index is 12.7. The quantitative estimate of drug-likeness (QED) is 0.748. The van der Waals surface area contributed by atoms with Crippen molar-refractivity contribution in [2.45, 2.75) is 18.0 Å². The van der Waals surface area contributed by atoms with Crippen LogP contribution in [0.2, 0.25) is 0 Å². The summed E-state index contributed by atoms with van der Waals surface area (Å²) in [5.74, 6) is 1.42. The van der Waals surface area contributed by atoms with Crippen LogP contribution in [0, 0.1) is 0 Å². The number of methoxy groups -OCH3 is 1. The molecule has 3 aromatic rings. The summed E-state index contributed by atoms with van der Waals surface area (Å²) in [6, 6.07) is 21.0. The van der Waals surface area contributed by atoms with Crippen molar-refractivity contribution in [1.29, 1.82) is 0 Å². The molecule has 3 atom stereocenters. The van der Waals surface area contributed by atoms with Gasteiger partial charge in [-0.3, -0.25) is 9.78 Å². The SMILES string of the molecule is COc1ccccc1-c1ccc(C2[C@@H]3CN(C(=O)c4ccncc4)C[C@H]2N3)cc1. The Balaban J connectivity index is 1.31. The molecule has 0 aliphatic carbocycles. The van der Waals surface area contributed by atoms with Crippen molar-refractivity contribution in [3.05, 3.63) is 84.2 Å². The third-order valence-corrected chi connectivity index (χ3v) is 6.06. The maximum Gasteiger partial charge on any atom is 0.254 e. The molecule has 1 aromatic heterocycles. The number of carbonyl (C=O) groups is 1. The highest BCUT2D eigenvalue weighted by molar-refractivity contribution is 5.94. The first kappa shape index (κ1) is 17.9. The van der Waals surface area contributed by atoms with Gasteiger partial charge in [0.25, 0.3) is 5.91 Å². The van der Waals surface area contributed by atoms with Crippen LogP contribution >= 0.6 is 0 Å². The van der Waals surface area contributed by atoms with Crippen LogP contribution < -0.4 is 10.1 Å². The molecule has 3 aliphatic heterocycles. The summed E-state index contributed by atoms with van der Waals surface area (Å²) in [5, 5.41) is 3.60. The van der Waals surface area contributed by atoms with Gasteiger partial charge in [-0.1, -0.05) is 42.5 Å².